The fraction of sp³-hybridized carbons (Fsp3) is 0.440. The monoisotopic (exact) mass is 407 g/mol. The van der Waals surface area contributed by atoms with E-state index >= 15 is 0 Å². The Hall–Kier alpha value is -2.66. The molecule has 2 aromatic rings. The lowest BCUT2D eigenvalue weighted by Gasteiger charge is -2.34. The number of benzene rings is 2. The largest absolute Gasteiger partial charge is 0.348 e. The zero-order chi connectivity index (χ0) is 21.3. The number of carbonyl (C=O) groups excluding carboxylic acids is 2. The van der Waals surface area contributed by atoms with Gasteiger partial charge >= 0.3 is 0 Å². The number of piperidine rings is 1. The molecule has 160 valence electrons. The summed E-state index contributed by atoms with van der Waals surface area (Å²) in [5.41, 5.74) is 2.87. The van der Waals surface area contributed by atoms with E-state index < -0.39 is 0 Å². The van der Waals surface area contributed by atoms with E-state index in [9.17, 15) is 9.59 Å². The summed E-state index contributed by atoms with van der Waals surface area (Å²) in [7, 11) is 0. The van der Waals surface area contributed by atoms with Crippen molar-refractivity contribution < 1.29 is 9.59 Å². The van der Waals surface area contributed by atoms with Crippen LogP contribution in [0.25, 0.3) is 0 Å². The summed E-state index contributed by atoms with van der Waals surface area (Å²) >= 11 is 0. The molecule has 1 atom stereocenters. The minimum absolute atomic E-state index is 0.0612. The lowest BCUT2D eigenvalue weighted by atomic mass is 9.96. The third kappa shape index (κ3) is 5.92. The van der Waals surface area contributed by atoms with E-state index in [1.807, 2.05) is 67.3 Å². The Morgan fingerprint density at radius 3 is 2.50 bits per heavy atom. The molecule has 5 nitrogen and oxygen atoms in total. The van der Waals surface area contributed by atoms with Crippen molar-refractivity contribution in [3.8, 4) is 0 Å². The number of hydrogen-bond donors (Lipinski definition) is 1. The molecule has 2 amide bonds. The van der Waals surface area contributed by atoms with Gasteiger partial charge < -0.3 is 10.2 Å². The van der Waals surface area contributed by atoms with Crippen molar-refractivity contribution in [2.75, 3.05) is 26.2 Å². The highest BCUT2D eigenvalue weighted by molar-refractivity contribution is 5.94. The van der Waals surface area contributed by atoms with Crippen LogP contribution in [-0.2, 0) is 17.9 Å². The molecule has 1 saturated heterocycles. The summed E-state index contributed by atoms with van der Waals surface area (Å²) in [4.78, 5) is 29.6. The van der Waals surface area contributed by atoms with Gasteiger partial charge in [-0.05, 0) is 56.5 Å². The van der Waals surface area contributed by atoms with Crippen molar-refractivity contribution in [2.45, 2.75) is 39.8 Å². The smallest absolute Gasteiger partial charge is 0.251 e. The fourth-order valence-electron chi connectivity index (χ4n) is 4.14. The van der Waals surface area contributed by atoms with Crippen molar-refractivity contribution in [1.82, 2.24) is 15.1 Å². The van der Waals surface area contributed by atoms with Crippen LogP contribution in [0.2, 0.25) is 0 Å². The van der Waals surface area contributed by atoms with Gasteiger partial charge in [0.2, 0.25) is 5.91 Å². The molecule has 1 fully saturated rings. The molecule has 1 unspecified atom stereocenters. The Morgan fingerprint density at radius 1 is 1.03 bits per heavy atom. The maximum absolute atomic E-state index is 12.7. The standard InChI is InChI=1S/C25H33N3O2/c1-3-28(4-2)25(30)23-14-9-15-27(19-23)18-21-12-8-13-22(16-21)24(29)26-17-20-10-6-5-7-11-20/h5-8,10-13,16,23H,3-4,9,14-15,17-19H2,1-2H3,(H,26,29). The average Bonchev–Trinajstić information content (AvgIpc) is 2.79. The Bertz CT molecular complexity index is 833. The fourth-order valence-corrected chi connectivity index (χ4v) is 4.14. The molecule has 3 rings (SSSR count). The number of hydrogen-bond acceptors (Lipinski definition) is 3. The van der Waals surface area contributed by atoms with Crippen LogP contribution in [0.1, 0.15) is 48.2 Å². The molecule has 1 heterocycles. The van der Waals surface area contributed by atoms with E-state index in [4.69, 9.17) is 0 Å². The topological polar surface area (TPSA) is 52.7 Å². The molecule has 0 saturated carbocycles. The predicted molar refractivity (Wildman–Crippen MR) is 120 cm³/mol. The molecule has 1 aliphatic heterocycles. The summed E-state index contributed by atoms with van der Waals surface area (Å²) < 4.78 is 0. The third-order valence-electron chi connectivity index (χ3n) is 5.82. The molecule has 0 bridgehead atoms. The van der Waals surface area contributed by atoms with Crippen LogP contribution < -0.4 is 5.32 Å². The number of rotatable bonds is 8. The highest BCUT2D eigenvalue weighted by Crippen LogP contribution is 2.21. The summed E-state index contributed by atoms with van der Waals surface area (Å²) in [6.45, 7) is 8.68. The second-order valence-corrected chi connectivity index (χ2v) is 7.95. The molecule has 1 aliphatic rings. The second-order valence-electron chi connectivity index (χ2n) is 7.95. The highest BCUT2D eigenvalue weighted by atomic mass is 16.2. The van der Waals surface area contributed by atoms with E-state index in [-0.39, 0.29) is 17.7 Å². The van der Waals surface area contributed by atoms with E-state index in [1.165, 1.54) is 0 Å². The van der Waals surface area contributed by atoms with Crippen LogP contribution in [0.5, 0.6) is 0 Å². The van der Waals surface area contributed by atoms with Gasteiger partial charge in [-0.1, -0.05) is 42.5 Å². The van der Waals surface area contributed by atoms with Crippen LogP contribution in [0, 0.1) is 5.92 Å². The van der Waals surface area contributed by atoms with E-state index in [0.29, 0.717) is 12.1 Å². The predicted octanol–water partition coefficient (Wildman–Crippen LogP) is 3.70. The Kier molecular flexibility index (Phi) is 8.03. The molecule has 0 aliphatic carbocycles. The van der Waals surface area contributed by atoms with Gasteiger partial charge in [0.15, 0.2) is 0 Å². The van der Waals surface area contributed by atoms with Crippen molar-refractivity contribution in [3.63, 3.8) is 0 Å². The van der Waals surface area contributed by atoms with Crippen LogP contribution in [-0.4, -0.2) is 47.8 Å². The summed E-state index contributed by atoms with van der Waals surface area (Å²) in [6, 6.07) is 17.7. The van der Waals surface area contributed by atoms with Crippen molar-refractivity contribution in [3.05, 3.63) is 71.3 Å². The van der Waals surface area contributed by atoms with E-state index in [0.717, 1.165) is 56.7 Å². The summed E-state index contributed by atoms with van der Waals surface area (Å²) in [5, 5.41) is 2.99. The first-order chi connectivity index (χ1) is 14.6. The minimum Gasteiger partial charge on any atom is -0.348 e. The first-order valence-electron chi connectivity index (χ1n) is 11.0. The molecular formula is C25H33N3O2. The number of carbonyl (C=O) groups is 2. The molecule has 5 heteroatoms. The molecule has 0 radical (unpaired) electrons. The summed E-state index contributed by atoms with van der Waals surface area (Å²) in [6.07, 6.45) is 2.00. The van der Waals surface area contributed by atoms with Crippen LogP contribution in [0.4, 0.5) is 0 Å². The van der Waals surface area contributed by atoms with Gasteiger partial charge in [0.1, 0.15) is 0 Å². The number of amides is 2. The van der Waals surface area contributed by atoms with Crippen LogP contribution in [0.15, 0.2) is 54.6 Å². The quantitative estimate of drug-likeness (QED) is 0.726. The number of nitrogens with one attached hydrogen (secondary N) is 1. The normalized spacial score (nSPS) is 16.8. The minimum atomic E-state index is -0.0612. The number of nitrogens with zero attached hydrogens (tertiary/aromatic N) is 2. The van der Waals surface area contributed by atoms with Gasteiger partial charge in [-0.2, -0.15) is 0 Å². The van der Waals surface area contributed by atoms with Crippen molar-refractivity contribution in [2.24, 2.45) is 5.92 Å². The van der Waals surface area contributed by atoms with E-state index in [2.05, 4.69) is 16.3 Å². The molecule has 30 heavy (non-hydrogen) atoms. The first kappa shape index (κ1) is 22.0. The Labute approximate surface area is 180 Å². The summed E-state index contributed by atoms with van der Waals surface area (Å²) in [5.74, 6) is 0.295. The van der Waals surface area contributed by atoms with Gasteiger partial charge in [-0.3, -0.25) is 14.5 Å². The van der Waals surface area contributed by atoms with E-state index in [1.54, 1.807) is 0 Å². The zero-order valence-electron chi connectivity index (χ0n) is 18.1. The van der Waals surface area contributed by atoms with Crippen molar-refractivity contribution >= 4 is 11.8 Å². The third-order valence-corrected chi connectivity index (χ3v) is 5.82. The van der Waals surface area contributed by atoms with Gasteiger partial charge in [0, 0.05) is 38.3 Å². The number of likely N-dealkylation sites (tertiary alicyclic amines) is 1. The first-order valence-corrected chi connectivity index (χ1v) is 11.0. The second kappa shape index (κ2) is 10.9. The lowest BCUT2D eigenvalue weighted by molar-refractivity contribution is -0.137. The van der Waals surface area contributed by atoms with Crippen molar-refractivity contribution in [1.29, 1.82) is 0 Å². The molecular weight excluding hydrogens is 374 g/mol. The maximum atomic E-state index is 12.7. The average molecular weight is 408 g/mol. The molecule has 0 spiro atoms. The SMILES string of the molecule is CCN(CC)C(=O)C1CCCN(Cc2cccc(C(=O)NCc3ccccc3)c2)C1. The molecule has 1 N–H and O–H groups in total. The van der Waals surface area contributed by atoms with Gasteiger partial charge in [0.05, 0.1) is 5.92 Å². The van der Waals surface area contributed by atoms with Crippen LogP contribution in [0.3, 0.4) is 0 Å². The van der Waals surface area contributed by atoms with Gasteiger partial charge in [-0.15, -0.1) is 0 Å². The Morgan fingerprint density at radius 2 is 1.77 bits per heavy atom. The zero-order valence-corrected chi connectivity index (χ0v) is 18.1. The Balaban J connectivity index is 1.57. The highest BCUT2D eigenvalue weighted by Gasteiger charge is 2.28. The van der Waals surface area contributed by atoms with Gasteiger partial charge in [0.25, 0.3) is 5.91 Å². The lowest BCUT2D eigenvalue weighted by Crippen LogP contribution is -2.44. The molecule has 2 aromatic carbocycles. The van der Waals surface area contributed by atoms with Crippen LogP contribution >= 0.6 is 0 Å². The van der Waals surface area contributed by atoms with Gasteiger partial charge in [-0.25, -0.2) is 0 Å². The maximum Gasteiger partial charge on any atom is 0.251 e. The molecule has 0 aromatic heterocycles.